The first-order valence-corrected chi connectivity index (χ1v) is 8.24. The Morgan fingerprint density at radius 1 is 1.16 bits per heavy atom. The molecule has 25 heavy (non-hydrogen) atoms. The topological polar surface area (TPSA) is 49.9 Å². The molecule has 4 rings (SSSR count). The molecule has 0 N–H and O–H groups in total. The number of hydrogen-bond acceptors (Lipinski definition) is 3. The molecule has 0 radical (unpaired) electrons. The monoisotopic (exact) mass is 340 g/mol. The summed E-state index contributed by atoms with van der Waals surface area (Å²) < 4.78 is 19.0. The molecule has 2 aromatic rings. The molecule has 5 nitrogen and oxygen atoms in total. The minimum Gasteiger partial charge on any atom is -0.482 e. The summed E-state index contributed by atoms with van der Waals surface area (Å²) in [6, 6.07) is 11.7. The second kappa shape index (κ2) is 6.20. The van der Waals surface area contributed by atoms with E-state index in [1.54, 1.807) is 29.2 Å². The SMILES string of the molecule is O=C(CN1C(=O)COc2ccccc21)N1CCCc2ccc(F)cc21. The van der Waals surface area contributed by atoms with Crippen LogP contribution in [0.2, 0.25) is 0 Å². The van der Waals surface area contributed by atoms with Crippen LogP contribution < -0.4 is 14.5 Å². The van der Waals surface area contributed by atoms with Gasteiger partial charge in [-0.1, -0.05) is 18.2 Å². The zero-order valence-electron chi connectivity index (χ0n) is 13.6. The van der Waals surface area contributed by atoms with Gasteiger partial charge in [0.25, 0.3) is 5.91 Å². The largest absolute Gasteiger partial charge is 0.482 e. The van der Waals surface area contributed by atoms with E-state index >= 15 is 0 Å². The fourth-order valence-corrected chi connectivity index (χ4v) is 3.35. The van der Waals surface area contributed by atoms with E-state index in [1.807, 2.05) is 6.07 Å². The van der Waals surface area contributed by atoms with Gasteiger partial charge in [0, 0.05) is 12.2 Å². The van der Waals surface area contributed by atoms with Crippen molar-refractivity contribution >= 4 is 23.2 Å². The number of carbonyl (C=O) groups excluding carboxylic acids is 2. The van der Waals surface area contributed by atoms with Crippen molar-refractivity contribution in [3.8, 4) is 5.75 Å². The van der Waals surface area contributed by atoms with E-state index < -0.39 is 0 Å². The number of anilines is 2. The zero-order chi connectivity index (χ0) is 17.4. The third kappa shape index (κ3) is 2.84. The van der Waals surface area contributed by atoms with E-state index in [1.165, 1.54) is 17.0 Å². The van der Waals surface area contributed by atoms with Crippen LogP contribution in [-0.2, 0) is 16.0 Å². The van der Waals surface area contributed by atoms with Crippen LogP contribution in [0.4, 0.5) is 15.8 Å². The van der Waals surface area contributed by atoms with Crippen LogP contribution in [0.15, 0.2) is 42.5 Å². The van der Waals surface area contributed by atoms with Gasteiger partial charge in [0.1, 0.15) is 18.1 Å². The molecule has 0 atom stereocenters. The Hall–Kier alpha value is -2.89. The molecule has 2 aliphatic rings. The van der Waals surface area contributed by atoms with Crippen molar-refractivity contribution in [2.24, 2.45) is 0 Å². The first kappa shape index (κ1) is 15.6. The number of nitrogens with zero attached hydrogens (tertiary/aromatic N) is 2. The maximum absolute atomic E-state index is 13.6. The van der Waals surface area contributed by atoms with Crippen LogP contribution in [0.25, 0.3) is 0 Å². The molecule has 0 bridgehead atoms. The zero-order valence-corrected chi connectivity index (χ0v) is 13.6. The lowest BCUT2D eigenvalue weighted by Crippen LogP contribution is -2.47. The van der Waals surface area contributed by atoms with E-state index in [9.17, 15) is 14.0 Å². The van der Waals surface area contributed by atoms with Gasteiger partial charge < -0.3 is 9.64 Å². The number of halogens is 1. The summed E-state index contributed by atoms with van der Waals surface area (Å²) in [6.45, 7) is 0.347. The molecule has 6 heteroatoms. The lowest BCUT2D eigenvalue weighted by atomic mass is 10.0. The van der Waals surface area contributed by atoms with Gasteiger partial charge in [-0.15, -0.1) is 0 Å². The van der Waals surface area contributed by atoms with Gasteiger partial charge in [0.2, 0.25) is 5.91 Å². The molecule has 0 saturated heterocycles. The summed E-state index contributed by atoms with van der Waals surface area (Å²) >= 11 is 0. The number of para-hydroxylation sites is 2. The summed E-state index contributed by atoms with van der Waals surface area (Å²) in [6.07, 6.45) is 1.64. The molecular weight excluding hydrogens is 323 g/mol. The summed E-state index contributed by atoms with van der Waals surface area (Å²) in [7, 11) is 0. The van der Waals surface area contributed by atoms with Gasteiger partial charge >= 0.3 is 0 Å². The Morgan fingerprint density at radius 3 is 2.88 bits per heavy atom. The standard InChI is InChI=1S/C19H17FN2O3/c20-14-8-7-13-4-3-9-21(16(13)10-14)18(23)11-22-15-5-1-2-6-17(15)25-12-19(22)24/h1-2,5-8,10H,3-4,9,11-12H2. The number of amides is 2. The Balaban J connectivity index is 1.62. The molecule has 0 aromatic heterocycles. The number of rotatable bonds is 2. The minimum atomic E-state index is -0.369. The highest BCUT2D eigenvalue weighted by Crippen LogP contribution is 2.32. The summed E-state index contributed by atoms with van der Waals surface area (Å²) in [5.41, 5.74) is 2.14. The van der Waals surface area contributed by atoms with Crippen molar-refractivity contribution in [2.45, 2.75) is 12.8 Å². The number of hydrogen-bond donors (Lipinski definition) is 0. The fourth-order valence-electron chi connectivity index (χ4n) is 3.35. The highest BCUT2D eigenvalue weighted by atomic mass is 19.1. The number of fused-ring (bicyclic) bond motifs is 2. The average molecular weight is 340 g/mol. The molecule has 0 aliphatic carbocycles. The molecule has 128 valence electrons. The molecule has 2 aromatic carbocycles. The summed E-state index contributed by atoms with van der Waals surface area (Å²) in [4.78, 5) is 28.1. The van der Waals surface area contributed by atoms with Crippen molar-refractivity contribution < 1.29 is 18.7 Å². The second-order valence-electron chi connectivity index (χ2n) is 6.16. The normalized spacial score (nSPS) is 16.1. The number of carbonyl (C=O) groups is 2. The molecular formula is C19H17FN2O3. The fraction of sp³-hybridized carbons (Fsp3) is 0.263. The van der Waals surface area contributed by atoms with Crippen LogP contribution in [0.1, 0.15) is 12.0 Å². The maximum atomic E-state index is 13.6. The lowest BCUT2D eigenvalue weighted by molar-refractivity contribution is -0.124. The molecule has 0 unspecified atom stereocenters. The van der Waals surface area contributed by atoms with Crippen LogP contribution in [-0.4, -0.2) is 31.5 Å². The molecule has 2 amide bonds. The number of benzene rings is 2. The van der Waals surface area contributed by atoms with Gasteiger partial charge in [0.05, 0.1) is 5.69 Å². The predicted octanol–water partition coefficient (Wildman–Crippen LogP) is 2.53. The van der Waals surface area contributed by atoms with Crippen molar-refractivity contribution in [2.75, 3.05) is 29.5 Å². The molecule has 0 saturated carbocycles. The van der Waals surface area contributed by atoms with Crippen molar-refractivity contribution in [1.29, 1.82) is 0 Å². The van der Waals surface area contributed by atoms with Crippen LogP contribution in [0.3, 0.4) is 0 Å². The van der Waals surface area contributed by atoms with Gasteiger partial charge in [-0.05, 0) is 42.7 Å². The van der Waals surface area contributed by atoms with E-state index in [0.29, 0.717) is 23.7 Å². The molecule has 0 fully saturated rings. The van der Waals surface area contributed by atoms with Crippen LogP contribution in [0, 0.1) is 5.82 Å². The quantitative estimate of drug-likeness (QED) is 0.844. The van der Waals surface area contributed by atoms with Gasteiger partial charge in [-0.2, -0.15) is 0 Å². The van der Waals surface area contributed by atoms with Crippen LogP contribution in [0.5, 0.6) is 5.75 Å². The van der Waals surface area contributed by atoms with E-state index in [4.69, 9.17) is 4.74 Å². The Morgan fingerprint density at radius 2 is 2.00 bits per heavy atom. The second-order valence-corrected chi connectivity index (χ2v) is 6.16. The van der Waals surface area contributed by atoms with E-state index in [2.05, 4.69) is 0 Å². The Labute approximate surface area is 144 Å². The predicted molar refractivity (Wildman–Crippen MR) is 91.4 cm³/mol. The Bertz CT molecular complexity index is 852. The number of ether oxygens (including phenoxy) is 1. The molecule has 2 aliphatic heterocycles. The average Bonchev–Trinajstić information content (AvgIpc) is 2.63. The van der Waals surface area contributed by atoms with Crippen molar-refractivity contribution in [3.05, 3.63) is 53.8 Å². The first-order chi connectivity index (χ1) is 12.1. The third-order valence-corrected chi connectivity index (χ3v) is 4.57. The smallest absolute Gasteiger partial charge is 0.265 e. The van der Waals surface area contributed by atoms with Crippen molar-refractivity contribution in [3.63, 3.8) is 0 Å². The Kier molecular flexibility index (Phi) is 3.87. The van der Waals surface area contributed by atoms with Crippen LogP contribution >= 0.6 is 0 Å². The number of aryl methyl sites for hydroxylation is 1. The lowest BCUT2D eigenvalue weighted by Gasteiger charge is -2.33. The van der Waals surface area contributed by atoms with Crippen molar-refractivity contribution in [1.82, 2.24) is 0 Å². The van der Waals surface area contributed by atoms with Gasteiger partial charge in [-0.25, -0.2) is 4.39 Å². The van der Waals surface area contributed by atoms with E-state index in [-0.39, 0.29) is 30.8 Å². The first-order valence-electron chi connectivity index (χ1n) is 8.24. The summed E-state index contributed by atoms with van der Waals surface area (Å²) in [5, 5.41) is 0. The summed E-state index contributed by atoms with van der Waals surface area (Å²) in [5.74, 6) is -0.272. The highest BCUT2D eigenvalue weighted by Gasteiger charge is 2.30. The highest BCUT2D eigenvalue weighted by molar-refractivity contribution is 6.06. The molecule has 0 spiro atoms. The van der Waals surface area contributed by atoms with E-state index in [0.717, 1.165) is 18.4 Å². The molecule has 2 heterocycles. The van der Waals surface area contributed by atoms with Gasteiger partial charge in [-0.3, -0.25) is 14.5 Å². The van der Waals surface area contributed by atoms with Gasteiger partial charge in [0.15, 0.2) is 6.61 Å². The third-order valence-electron chi connectivity index (χ3n) is 4.57. The maximum Gasteiger partial charge on any atom is 0.265 e. The minimum absolute atomic E-state index is 0.0878.